The van der Waals surface area contributed by atoms with Crippen molar-refractivity contribution >= 4 is 5.97 Å². The van der Waals surface area contributed by atoms with Crippen molar-refractivity contribution in [3.63, 3.8) is 0 Å². The van der Waals surface area contributed by atoms with Crippen LogP contribution in [-0.4, -0.2) is 22.3 Å². The van der Waals surface area contributed by atoms with E-state index >= 15 is 0 Å². The summed E-state index contributed by atoms with van der Waals surface area (Å²) in [5.74, 6) is -0.790. The number of allylic oxidation sites excluding steroid dienone is 4. The largest absolute Gasteiger partial charge is 0.481 e. The second kappa shape index (κ2) is 13.1. The average Bonchev–Trinajstić information content (AvgIpc) is 2.37. The summed E-state index contributed by atoms with van der Waals surface area (Å²) in [5, 5.41) is 18.1. The number of carboxylic acid groups (broad SMARTS) is 1. The van der Waals surface area contributed by atoms with Crippen LogP contribution < -0.4 is 0 Å². The van der Waals surface area contributed by atoms with Crippen LogP contribution in [0.1, 0.15) is 51.9 Å². The van der Waals surface area contributed by atoms with Crippen molar-refractivity contribution in [3.05, 3.63) is 36.5 Å². The lowest BCUT2D eigenvalue weighted by Gasteiger charge is -1.99. The maximum absolute atomic E-state index is 10.3. The molecule has 0 aliphatic carbocycles. The molecule has 0 rings (SSSR count). The quantitative estimate of drug-likeness (QED) is 0.339. The van der Waals surface area contributed by atoms with Gasteiger partial charge >= 0.3 is 5.97 Å². The van der Waals surface area contributed by atoms with Crippen molar-refractivity contribution in [2.45, 2.75) is 58.0 Å². The minimum atomic E-state index is -0.790. The fraction of sp³-hybridized carbons (Fsp3) is 0.562. The fourth-order valence-corrected chi connectivity index (χ4v) is 1.52. The number of carboxylic acids is 1. The van der Waals surface area contributed by atoms with Crippen LogP contribution in [0.3, 0.4) is 0 Å². The third-order valence-electron chi connectivity index (χ3n) is 2.62. The molecule has 0 aromatic heterocycles. The number of aliphatic carboxylic acids is 1. The summed E-state index contributed by atoms with van der Waals surface area (Å²) in [4.78, 5) is 10.3. The van der Waals surface area contributed by atoms with Crippen LogP contribution >= 0.6 is 0 Å². The zero-order valence-corrected chi connectivity index (χ0v) is 11.8. The Morgan fingerprint density at radius 3 is 2.58 bits per heavy atom. The van der Waals surface area contributed by atoms with E-state index in [0.717, 1.165) is 6.42 Å². The number of unbranched alkanes of at least 4 members (excludes halogenated alkanes) is 3. The highest BCUT2D eigenvalue weighted by atomic mass is 16.4. The molecule has 108 valence electrons. The first-order valence-corrected chi connectivity index (χ1v) is 7.05. The molecule has 0 aliphatic rings. The second-order valence-electron chi connectivity index (χ2n) is 4.52. The maximum Gasteiger partial charge on any atom is 0.303 e. The van der Waals surface area contributed by atoms with E-state index in [1.807, 2.05) is 6.08 Å². The van der Waals surface area contributed by atoms with Gasteiger partial charge in [-0.3, -0.25) is 4.79 Å². The van der Waals surface area contributed by atoms with Crippen molar-refractivity contribution in [1.82, 2.24) is 0 Å². The van der Waals surface area contributed by atoms with Gasteiger partial charge in [0.1, 0.15) is 0 Å². The molecule has 0 bridgehead atoms. The van der Waals surface area contributed by atoms with E-state index in [0.29, 0.717) is 12.8 Å². The molecule has 0 spiro atoms. The minimum absolute atomic E-state index is 0.146. The highest BCUT2D eigenvalue weighted by Crippen LogP contribution is 2.02. The van der Waals surface area contributed by atoms with Gasteiger partial charge < -0.3 is 10.2 Å². The topological polar surface area (TPSA) is 57.5 Å². The average molecular weight is 266 g/mol. The van der Waals surface area contributed by atoms with E-state index < -0.39 is 12.1 Å². The number of hydrogen-bond donors (Lipinski definition) is 2. The predicted molar refractivity (Wildman–Crippen MR) is 79.1 cm³/mol. The number of carbonyl (C=O) groups is 1. The van der Waals surface area contributed by atoms with Crippen LogP contribution in [0.15, 0.2) is 36.5 Å². The molecule has 0 radical (unpaired) electrons. The molecular weight excluding hydrogens is 240 g/mol. The first-order valence-electron chi connectivity index (χ1n) is 7.05. The van der Waals surface area contributed by atoms with Crippen LogP contribution in [0.5, 0.6) is 0 Å². The van der Waals surface area contributed by atoms with Gasteiger partial charge in [0.15, 0.2) is 0 Å². The minimum Gasteiger partial charge on any atom is -0.481 e. The summed E-state index contributed by atoms with van der Waals surface area (Å²) < 4.78 is 0. The molecule has 0 amide bonds. The highest BCUT2D eigenvalue weighted by Gasteiger charge is 1.93. The Labute approximate surface area is 116 Å². The lowest BCUT2D eigenvalue weighted by atomic mass is 10.1. The number of aliphatic hydroxyl groups excluding tert-OH is 1. The second-order valence-corrected chi connectivity index (χ2v) is 4.52. The highest BCUT2D eigenvalue weighted by molar-refractivity contribution is 5.66. The molecule has 3 nitrogen and oxygen atoms in total. The first-order chi connectivity index (χ1) is 9.16. The van der Waals surface area contributed by atoms with Gasteiger partial charge in [0.25, 0.3) is 0 Å². The van der Waals surface area contributed by atoms with Gasteiger partial charge in [-0.2, -0.15) is 0 Å². The number of hydrogen-bond acceptors (Lipinski definition) is 2. The van der Waals surface area contributed by atoms with Gasteiger partial charge in [-0.15, -0.1) is 0 Å². The van der Waals surface area contributed by atoms with E-state index in [-0.39, 0.29) is 6.42 Å². The molecule has 3 heteroatoms. The Kier molecular flexibility index (Phi) is 12.2. The maximum atomic E-state index is 10.3. The van der Waals surface area contributed by atoms with Gasteiger partial charge in [0, 0.05) is 6.42 Å². The summed E-state index contributed by atoms with van der Waals surface area (Å²) in [6, 6.07) is 0. The molecule has 0 heterocycles. The van der Waals surface area contributed by atoms with Crippen LogP contribution in [-0.2, 0) is 4.79 Å². The van der Waals surface area contributed by atoms with Crippen LogP contribution in [0.2, 0.25) is 0 Å². The van der Waals surface area contributed by atoms with Gasteiger partial charge in [0.05, 0.1) is 6.10 Å². The van der Waals surface area contributed by atoms with Gasteiger partial charge in [-0.25, -0.2) is 0 Å². The summed E-state index contributed by atoms with van der Waals surface area (Å²) in [6.45, 7) is 2.18. The molecule has 0 aliphatic heterocycles. The first kappa shape index (κ1) is 17.6. The molecule has 1 atom stereocenters. The standard InChI is InChI=1S/C16H26O3/c1-2-3-4-5-6-9-12-15(17)13-10-7-8-11-14-16(18)19/h6-10,13,15,17H,2-5,11-12,14H2,1H3,(H,18,19)/b8-7?,9-6?,13-10+/t15-/m0/s1. The molecule has 0 aromatic carbocycles. The molecular formula is C16H26O3. The number of rotatable bonds is 11. The smallest absolute Gasteiger partial charge is 0.303 e. The van der Waals surface area contributed by atoms with Crippen LogP contribution in [0.25, 0.3) is 0 Å². The normalized spacial score (nSPS) is 13.8. The SMILES string of the molecule is CCCCCC=CC[C@H](O)/C=C/C=CCCC(=O)O. The Balaban J connectivity index is 3.61. The van der Waals surface area contributed by atoms with Gasteiger partial charge in [-0.1, -0.05) is 56.2 Å². The Morgan fingerprint density at radius 1 is 1.11 bits per heavy atom. The van der Waals surface area contributed by atoms with E-state index in [1.54, 1.807) is 24.3 Å². The summed E-state index contributed by atoms with van der Waals surface area (Å²) in [6.07, 6.45) is 16.8. The van der Waals surface area contributed by atoms with Crippen molar-refractivity contribution < 1.29 is 15.0 Å². The van der Waals surface area contributed by atoms with Crippen molar-refractivity contribution in [2.75, 3.05) is 0 Å². The van der Waals surface area contributed by atoms with Crippen molar-refractivity contribution in [2.24, 2.45) is 0 Å². The Morgan fingerprint density at radius 2 is 1.89 bits per heavy atom. The van der Waals surface area contributed by atoms with Crippen LogP contribution in [0, 0.1) is 0 Å². The third-order valence-corrected chi connectivity index (χ3v) is 2.62. The van der Waals surface area contributed by atoms with E-state index in [1.165, 1.54) is 19.3 Å². The molecule has 0 saturated carbocycles. The molecule has 19 heavy (non-hydrogen) atoms. The zero-order valence-electron chi connectivity index (χ0n) is 11.8. The third kappa shape index (κ3) is 14.6. The van der Waals surface area contributed by atoms with Crippen LogP contribution in [0.4, 0.5) is 0 Å². The fourth-order valence-electron chi connectivity index (χ4n) is 1.52. The molecule has 0 unspecified atom stereocenters. The van der Waals surface area contributed by atoms with E-state index in [4.69, 9.17) is 5.11 Å². The number of aliphatic hydroxyl groups is 1. The molecule has 0 aromatic rings. The van der Waals surface area contributed by atoms with E-state index in [9.17, 15) is 9.90 Å². The summed E-state index contributed by atoms with van der Waals surface area (Å²) in [7, 11) is 0. The molecule has 0 saturated heterocycles. The van der Waals surface area contributed by atoms with E-state index in [2.05, 4.69) is 13.0 Å². The lowest BCUT2D eigenvalue weighted by Crippen LogP contribution is -1.98. The zero-order chi connectivity index (χ0) is 14.3. The Bertz CT molecular complexity index is 303. The Hall–Kier alpha value is -1.35. The predicted octanol–water partition coefficient (Wildman–Crippen LogP) is 3.85. The monoisotopic (exact) mass is 266 g/mol. The van der Waals surface area contributed by atoms with Crippen molar-refractivity contribution in [3.8, 4) is 0 Å². The van der Waals surface area contributed by atoms with Gasteiger partial charge in [0.2, 0.25) is 0 Å². The molecule has 0 fully saturated rings. The van der Waals surface area contributed by atoms with Gasteiger partial charge in [-0.05, 0) is 25.7 Å². The summed E-state index contributed by atoms with van der Waals surface area (Å²) in [5.41, 5.74) is 0. The molecule has 2 N–H and O–H groups in total. The summed E-state index contributed by atoms with van der Waals surface area (Å²) >= 11 is 0. The lowest BCUT2D eigenvalue weighted by molar-refractivity contribution is -0.136. The van der Waals surface area contributed by atoms with Crippen molar-refractivity contribution in [1.29, 1.82) is 0 Å².